The molecule has 1 aromatic carbocycles. The SMILES string of the molecule is N#Cc1ccc(C(=O)O)c(N2CCCC2)c1. The summed E-state index contributed by atoms with van der Waals surface area (Å²) in [6.45, 7) is 1.74. The van der Waals surface area contributed by atoms with Crippen molar-refractivity contribution >= 4 is 11.7 Å². The molecule has 16 heavy (non-hydrogen) atoms. The maximum absolute atomic E-state index is 11.1. The van der Waals surface area contributed by atoms with Crippen LogP contribution in [0.1, 0.15) is 28.8 Å². The van der Waals surface area contributed by atoms with Gasteiger partial charge >= 0.3 is 5.97 Å². The third-order valence-corrected chi connectivity index (χ3v) is 2.80. The molecule has 0 amide bonds. The number of carbonyl (C=O) groups is 1. The van der Waals surface area contributed by atoms with Crippen LogP contribution in [-0.4, -0.2) is 24.2 Å². The largest absolute Gasteiger partial charge is 0.478 e. The van der Waals surface area contributed by atoms with Gasteiger partial charge in [-0.3, -0.25) is 0 Å². The van der Waals surface area contributed by atoms with Gasteiger partial charge in [0.1, 0.15) is 0 Å². The first-order valence-electron chi connectivity index (χ1n) is 5.25. The Morgan fingerprint density at radius 2 is 2.06 bits per heavy atom. The van der Waals surface area contributed by atoms with Crippen molar-refractivity contribution in [3.63, 3.8) is 0 Å². The van der Waals surface area contributed by atoms with E-state index < -0.39 is 5.97 Å². The van der Waals surface area contributed by atoms with Crippen LogP contribution in [0.3, 0.4) is 0 Å². The summed E-state index contributed by atoms with van der Waals surface area (Å²) < 4.78 is 0. The molecule has 0 aliphatic carbocycles. The van der Waals surface area contributed by atoms with Gasteiger partial charge in [-0.05, 0) is 31.0 Å². The van der Waals surface area contributed by atoms with Gasteiger partial charge in [-0.15, -0.1) is 0 Å². The molecular weight excluding hydrogens is 204 g/mol. The van der Waals surface area contributed by atoms with Crippen LogP contribution < -0.4 is 4.90 Å². The van der Waals surface area contributed by atoms with E-state index in [1.54, 1.807) is 12.1 Å². The monoisotopic (exact) mass is 216 g/mol. The van der Waals surface area contributed by atoms with Gasteiger partial charge in [0.05, 0.1) is 22.9 Å². The van der Waals surface area contributed by atoms with Crippen LogP contribution in [0.15, 0.2) is 18.2 Å². The molecule has 0 radical (unpaired) electrons. The van der Waals surface area contributed by atoms with Crippen LogP contribution >= 0.6 is 0 Å². The summed E-state index contributed by atoms with van der Waals surface area (Å²) in [4.78, 5) is 13.1. The molecule has 4 nitrogen and oxygen atoms in total. The second-order valence-corrected chi connectivity index (χ2v) is 3.84. The van der Waals surface area contributed by atoms with Crippen molar-refractivity contribution < 1.29 is 9.90 Å². The lowest BCUT2D eigenvalue weighted by Crippen LogP contribution is -2.20. The standard InChI is InChI=1S/C12H12N2O2/c13-8-9-3-4-10(12(15)16)11(7-9)14-5-1-2-6-14/h3-4,7H,1-2,5-6H2,(H,15,16). The van der Waals surface area contributed by atoms with Crippen molar-refractivity contribution in [3.05, 3.63) is 29.3 Å². The zero-order valence-electron chi connectivity index (χ0n) is 8.81. The van der Waals surface area contributed by atoms with E-state index in [0.717, 1.165) is 25.9 Å². The lowest BCUT2D eigenvalue weighted by molar-refractivity contribution is 0.0697. The fourth-order valence-corrected chi connectivity index (χ4v) is 2.00. The van der Waals surface area contributed by atoms with E-state index >= 15 is 0 Å². The number of carboxylic acid groups (broad SMARTS) is 1. The fourth-order valence-electron chi connectivity index (χ4n) is 2.00. The molecule has 1 saturated heterocycles. The third kappa shape index (κ3) is 1.84. The number of hydrogen-bond acceptors (Lipinski definition) is 3. The highest BCUT2D eigenvalue weighted by Crippen LogP contribution is 2.25. The highest BCUT2D eigenvalue weighted by Gasteiger charge is 2.19. The van der Waals surface area contributed by atoms with Gasteiger partial charge in [-0.25, -0.2) is 4.79 Å². The number of aromatic carboxylic acids is 1. The zero-order valence-corrected chi connectivity index (χ0v) is 8.81. The number of carboxylic acids is 1. The molecule has 1 aliphatic rings. The summed E-state index contributed by atoms with van der Waals surface area (Å²) in [5, 5.41) is 17.9. The molecule has 2 rings (SSSR count). The van der Waals surface area contributed by atoms with E-state index in [2.05, 4.69) is 0 Å². The lowest BCUT2D eigenvalue weighted by Gasteiger charge is -2.19. The third-order valence-electron chi connectivity index (χ3n) is 2.80. The maximum Gasteiger partial charge on any atom is 0.337 e. The van der Waals surface area contributed by atoms with Crippen LogP contribution in [0.25, 0.3) is 0 Å². The van der Waals surface area contributed by atoms with Crippen molar-refractivity contribution in [2.75, 3.05) is 18.0 Å². The molecule has 0 spiro atoms. The molecule has 0 atom stereocenters. The smallest absolute Gasteiger partial charge is 0.337 e. The van der Waals surface area contributed by atoms with E-state index in [-0.39, 0.29) is 5.56 Å². The summed E-state index contributed by atoms with van der Waals surface area (Å²) in [6, 6.07) is 6.75. The van der Waals surface area contributed by atoms with Crippen LogP contribution in [0, 0.1) is 11.3 Å². The van der Waals surface area contributed by atoms with Crippen molar-refractivity contribution in [1.29, 1.82) is 5.26 Å². The van der Waals surface area contributed by atoms with E-state index in [9.17, 15) is 4.79 Å². The van der Waals surface area contributed by atoms with E-state index in [0.29, 0.717) is 11.3 Å². The highest BCUT2D eigenvalue weighted by atomic mass is 16.4. The summed E-state index contributed by atoms with van der Waals surface area (Å²) in [5.41, 5.74) is 1.46. The average molecular weight is 216 g/mol. The van der Waals surface area contributed by atoms with E-state index in [1.807, 2.05) is 11.0 Å². The van der Waals surface area contributed by atoms with Crippen molar-refractivity contribution in [1.82, 2.24) is 0 Å². The predicted octanol–water partition coefficient (Wildman–Crippen LogP) is 1.86. The Kier molecular flexibility index (Phi) is 2.78. The Morgan fingerprint density at radius 3 is 2.62 bits per heavy atom. The number of nitriles is 1. The normalized spacial score (nSPS) is 14.8. The topological polar surface area (TPSA) is 64.3 Å². The zero-order chi connectivity index (χ0) is 11.5. The fraction of sp³-hybridized carbons (Fsp3) is 0.333. The molecule has 1 N–H and O–H groups in total. The minimum Gasteiger partial charge on any atom is -0.478 e. The summed E-state index contributed by atoms with van der Waals surface area (Å²) >= 11 is 0. The Bertz CT molecular complexity index is 457. The molecule has 0 saturated carbocycles. The van der Waals surface area contributed by atoms with Crippen molar-refractivity contribution in [3.8, 4) is 6.07 Å². The van der Waals surface area contributed by atoms with Crippen LogP contribution in [-0.2, 0) is 0 Å². The quantitative estimate of drug-likeness (QED) is 0.819. The first-order chi connectivity index (χ1) is 7.72. The molecule has 0 bridgehead atoms. The maximum atomic E-state index is 11.1. The molecule has 0 aromatic heterocycles. The first-order valence-corrected chi connectivity index (χ1v) is 5.25. The number of hydrogen-bond donors (Lipinski definition) is 1. The van der Waals surface area contributed by atoms with Crippen LogP contribution in [0.2, 0.25) is 0 Å². The summed E-state index contributed by atoms with van der Waals surface area (Å²) in [6.07, 6.45) is 2.16. The molecule has 82 valence electrons. The minimum atomic E-state index is -0.939. The number of anilines is 1. The molecule has 1 heterocycles. The Balaban J connectivity index is 2.46. The Morgan fingerprint density at radius 1 is 1.38 bits per heavy atom. The highest BCUT2D eigenvalue weighted by molar-refractivity contribution is 5.94. The van der Waals surface area contributed by atoms with Crippen LogP contribution in [0.5, 0.6) is 0 Å². The van der Waals surface area contributed by atoms with Gasteiger partial charge in [-0.2, -0.15) is 5.26 Å². The lowest BCUT2D eigenvalue weighted by atomic mass is 10.1. The summed E-state index contributed by atoms with van der Waals surface area (Å²) in [5.74, 6) is -0.939. The van der Waals surface area contributed by atoms with Gasteiger partial charge in [0.2, 0.25) is 0 Å². The minimum absolute atomic E-state index is 0.279. The van der Waals surface area contributed by atoms with Gasteiger partial charge < -0.3 is 10.0 Å². The first kappa shape index (κ1) is 10.5. The predicted molar refractivity (Wildman–Crippen MR) is 59.6 cm³/mol. The molecule has 1 aliphatic heterocycles. The second kappa shape index (κ2) is 4.23. The molecule has 1 fully saturated rings. The molecular formula is C12H12N2O2. The van der Waals surface area contributed by atoms with Crippen molar-refractivity contribution in [2.24, 2.45) is 0 Å². The second-order valence-electron chi connectivity index (χ2n) is 3.84. The average Bonchev–Trinajstić information content (AvgIpc) is 2.81. The van der Waals surface area contributed by atoms with Gasteiger partial charge in [0.25, 0.3) is 0 Å². The molecule has 0 unspecified atom stereocenters. The Hall–Kier alpha value is -2.02. The number of nitrogens with zero attached hydrogens (tertiary/aromatic N) is 2. The van der Waals surface area contributed by atoms with Gasteiger partial charge in [-0.1, -0.05) is 0 Å². The molecule has 4 heteroatoms. The van der Waals surface area contributed by atoms with E-state index in [1.165, 1.54) is 6.07 Å². The molecule has 1 aromatic rings. The van der Waals surface area contributed by atoms with Crippen LogP contribution in [0.4, 0.5) is 5.69 Å². The number of benzene rings is 1. The van der Waals surface area contributed by atoms with Crippen molar-refractivity contribution in [2.45, 2.75) is 12.8 Å². The van der Waals surface area contributed by atoms with Gasteiger partial charge in [0, 0.05) is 13.1 Å². The number of rotatable bonds is 2. The van der Waals surface area contributed by atoms with Gasteiger partial charge in [0.15, 0.2) is 0 Å². The van der Waals surface area contributed by atoms with E-state index in [4.69, 9.17) is 10.4 Å². The Labute approximate surface area is 93.7 Å². The summed E-state index contributed by atoms with van der Waals surface area (Å²) in [7, 11) is 0.